The molecule has 0 amide bonds. The Balaban J connectivity index is 2.14. The topological polar surface area (TPSA) is 38.3 Å². The molecule has 0 bridgehead atoms. The van der Waals surface area contributed by atoms with E-state index in [-0.39, 0.29) is 5.41 Å². The van der Waals surface area contributed by atoms with Gasteiger partial charge in [-0.05, 0) is 32.2 Å². The van der Waals surface area contributed by atoms with Crippen LogP contribution in [0, 0.1) is 5.41 Å². The van der Waals surface area contributed by atoms with Crippen LogP contribution < -0.4 is 5.32 Å². The smallest absolute Gasteiger partial charge is 0.169 e. The summed E-state index contributed by atoms with van der Waals surface area (Å²) in [6.07, 6.45) is 5.45. The Bertz CT molecular complexity index is 277. The highest BCUT2D eigenvalue weighted by Gasteiger charge is 2.40. The van der Waals surface area contributed by atoms with E-state index >= 15 is 0 Å². The Labute approximate surface area is 90.9 Å². The van der Waals surface area contributed by atoms with Crippen molar-refractivity contribution >= 4 is 5.78 Å². The predicted octanol–water partition coefficient (Wildman–Crippen LogP) is 1.64. The van der Waals surface area contributed by atoms with Crippen molar-refractivity contribution in [3.8, 4) is 0 Å². The van der Waals surface area contributed by atoms with Gasteiger partial charge in [0.2, 0.25) is 0 Å². The first-order valence-electron chi connectivity index (χ1n) is 5.85. The van der Waals surface area contributed by atoms with Crippen molar-refractivity contribution in [3.63, 3.8) is 0 Å². The number of ketones is 1. The van der Waals surface area contributed by atoms with Gasteiger partial charge in [0.25, 0.3) is 0 Å². The van der Waals surface area contributed by atoms with Gasteiger partial charge in [0, 0.05) is 17.5 Å². The average Bonchev–Trinajstić information content (AvgIpc) is 2.79. The lowest BCUT2D eigenvalue weighted by atomic mass is 9.76. The van der Waals surface area contributed by atoms with Crippen LogP contribution in [-0.2, 0) is 9.53 Å². The summed E-state index contributed by atoms with van der Waals surface area (Å²) in [7, 11) is 0. The van der Waals surface area contributed by atoms with Crippen molar-refractivity contribution in [3.05, 3.63) is 11.8 Å². The molecule has 0 saturated carbocycles. The lowest BCUT2D eigenvalue weighted by molar-refractivity contribution is -0.124. The molecule has 1 fully saturated rings. The first-order chi connectivity index (χ1) is 7.28. The number of nitrogens with one attached hydrogen (secondary N) is 1. The van der Waals surface area contributed by atoms with Crippen molar-refractivity contribution in [2.75, 3.05) is 19.7 Å². The van der Waals surface area contributed by atoms with Crippen molar-refractivity contribution in [1.29, 1.82) is 0 Å². The number of ether oxygens (including phenoxy) is 1. The second-order valence-electron chi connectivity index (χ2n) is 4.51. The van der Waals surface area contributed by atoms with Crippen LogP contribution in [0.4, 0.5) is 0 Å². The van der Waals surface area contributed by atoms with E-state index in [2.05, 4.69) is 12.2 Å². The summed E-state index contributed by atoms with van der Waals surface area (Å²) in [5, 5.41) is 3.30. The Morgan fingerprint density at radius 3 is 3.07 bits per heavy atom. The third kappa shape index (κ3) is 1.93. The molecule has 1 saturated heterocycles. The summed E-state index contributed by atoms with van der Waals surface area (Å²) < 4.78 is 5.25. The Morgan fingerprint density at radius 1 is 1.67 bits per heavy atom. The van der Waals surface area contributed by atoms with Crippen LogP contribution in [0.25, 0.3) is 0 Å². The molecule has 2 aliphatic rings. The van der Waals surface area contributed by atoms with Gasteiger partial charge < -0.3 is 10.1 Å². The summed E-state index contributed by atoms with van der Waals surface area (Å²) in [6.45, 7) is 4.66. The predicted molar refractivity (Wildman–Crippen MR) is 58.5 cm³/mol. The van der Waals surface area contributed by atoms with Gasteiger partial charge in [0.05, 0.1) is 12.9 Å². The van der Waals surface area contributed by atoms with E-state index in [1.165, 1.54) is 0 Å². The molecular formula is C12H19NO2. The zero-order chi connectivity index (χ0) is 10.7. The van der Waals surface area contributed by atoms with Crippen LogP contribution in [0.3, 0.4) is 0 Å². The lowest BCUT2D eigenvalue weighted by Gasteiger charge is -2.27. The molecular weight excluding hydrogens is 190 g/mol. The van der Waals surface area contributed by atoms with E-state index in [1.807, 2.05) is 0 Å². The molecule has 0 aliphatic carbocycles. The quantitative estimate of drug-likeness (QED) is 0.768. The van der Waals surface area contributed by atoms with Crippen LogP contribution in [0.2, 0.25) is 0 Å². The molecule has 0 spiro atoms. The van der Waals surface area contributed by atoms with Gasteiger partial charge in [0.15, 0.2) is 5.78 Å². The number of hydrogen-bond acceptors (Lipinski definition) is 3. The maximum absolute atomic E-state index is 12.4. The molecule has 1 atom stereocenters. The fourth-order valence-corrected chi connectivity index (χ4v) is 2.47. The van der Waals surface area contributed by atoms with Gasteiger partial charge in [-0.1, -0.05) is 6.92 Å². The van der Waals surface area contributed by atoms with Gasteiger partial charge in [-0.15, -0.1) is 0 Å². The molecule has 2 heterocycles. The number of Topliss-reactive ketones (excluding diaryl/α,β-unsaturated/α-hetero) is 1. The molecule has 0 aromatic rings. The Hall–Kier alpha value is -0.830. The van der Waals surface area contributed by atoms with Crippen molar-refractivity contribution in [2.24, 2.45) is 5.41 Å². The summed E-state index contributed by atoms with van der Waals surface area (Å²) in [6, 6.07) is 0. The zero-order valence-electron chi connectivity index (χ0n) is 9.34. The van der Waals surface area contributed by atoms with Gasteiger partial charge in [-0.3, -0.25) is 4.79 Å². The number of allylic oxidation sites excluding steroid dienone is 1. The van der Waals surface area contributed by atoms with Gasteiger partial charge in [-0.2, -0.15) is 0 Å². The summed E-state index contributed by atoms with van der Waals surface area (Å²) in [4.78, 5) is 12.4. The molecule has 0 aromatic heterocycles. The van der Waals surface area contributed by atoms with Gasteiger partial charge >= 0.3 is 0 Å². The number of hydrogen-bond donors (Lipinski definition) is 1. The first-order valence-corrected chi connectivity index (χ1v) is 5.85. The second kappa shape index (κ2) is 4.35. The van der Waals surface area contributed by atoms with E-state index in [0.29, 0.717) is 5.78 Å². The van der Waals surface area contributed by atoms with Gasteiger partial charge in [0.1, 0.15) is 0 Å². The third-order valence-corrected chi connectivity index (χ3v) is 3.63. The van der Waals surface area contributed by atoms with E-state index in [1.54, 1.807) is 6.26 Å². The van der Waals surface area contributed by atoms with E-state index < -0.39 is 0 Å². The molecule has 15 heavy (non-hydrogen) atoms. The minimum absolute atomic E-state index is 0.146. The normalized spacial score (nSPS) is 30.9. The highest BCUT2D eigenvalue weighted by Crippen LogP contribution is 2.34. The van der Waals surface area contributed by atoms with E-state index in [0.717, 1.165) is 51.0 Å². The van der Waals surface area contributed by atoms with Crippen LogP contribution in [0.1, 0.15) is 32.6 Å². The fourth-order valence-electron chi connectivity index (χ4n) is 2.47. The monoisotopic (exact) mass is 209 g/mol. The van der Waals surface area contributed by atoms with Crippen molar-refractivity contribution in [2.45, 2.75) is 32.6 Å². The lowest BCUT2D eigenvalue weighted by Crippen LogP contribution is -2.34. The summed E-state index contributed by atoms with van der Waals surface area (Å²) >= 11 is 0. The van der Waals surface area contributed by atoms with E-state index in [9.17, 15) is 4.79 Å². The van der Waals surface area contributed by atoms with Crippen molar-refractivity contribution in [1.82, 2.24) is 5.32 Å². The first kappa shape index (κ1) is 10.7. The summed E-state index contributed by atoms with van der Waals surface area (Å²) in [5.74, 6) is 0.315. The zero-order valence-corrected chi connectivity index (χ0v) is 9.34. The summed E-state index contributed by atoms with van der Waals surface area (Å²) in [5.41, 5.74) is 0.749. The SMILES string of the molecule is CCC1(C(=O)C2=COCCC2)CCNC1. The highest BCUT2D eigenvalue weighted by molar-refractivity contribution is 6.00. The van der Waals surface area contributed by atoms with E-state index in [4.69, 9.17) is 4.74 Å². The largest absolute Gasteiger partial charge is 0.501 e. The fraction of sp³-hybridized carbons (Fsp3) is 0.750. The molecule has 1 N–H and O–H groups in total. The average molecular weight is 209 g/mol. The van der Waals surface area contributed by atoms with Crippen molar-refractivity contribution < 1.29 is 9.53 Å². The van der Waals surface area contributed by atoms with Crippen LogP contribution in [0.15, 0.2) is 11.8 Å². The molecule has 2 rings (SSSR count). The second-order valence-corrected chi connectivity index (χ2v) is 4.51. The maximum Gasteiger partial charge on any atom is 0.169 e. The maximum atomic E-state index is 12.4. The highest BCUT2D eigenvalue weighted by atomic mass is 16.5. The third-order valence-electron chi connectivity index (χ3n) is 3.63. The Kier molecular flexibility index (Phi) is 3.10. The van der Waals surface area contributed by atoms with Crippen LogP contribution >= 0.6 is 0 Å². The number of carbonyl (C=O) groups excluding carboxylic acids is 1. The minimum atomic E-state index is -0.146. The standard InChI is InChI=1S/C12H19NO2/c1-2-12(5-6-13-9-12)11(14)10-4-3-7-15-8-10/h8,13H,2-7,9H2,1H3. The Morgan fingerprint density at radius 2 is 2.53 bits per heavy atom. The molecule has 84 valence electrons. The molecule has 0 radical (unpaired) electrons. The van der Waals surface area contributed by atoms with Gasteiger partial charge in [-0.25, -0.2) is 0 Å². The minimum Gasteiger partial charge on any atom is -0.501 e. The molecule has 2 aliphatic heterocycles. The molecule has 3 nitrogen and oxygen atoms in total. The molecule has 0 aromatic carbocycles. The van der Waals surface area contributed by atoms with Crippen LogP contribution in [0.5, 0.6) is 0 Å². The number of rotatable bonds is 3. The molecule has 1 unspecified atom stereocenters. The number of carbonyl (C=O) groups is 1. The molecule has 3 heteroatoms. The van der Waals surface area contributed by atoms with Crippen LogP contribution in [-0.4, -0.2) is 25.5 Å².